The minimum absolute atomic E-state index is 0.260. The molecule has 1 amide bonds. The average molecular weight is 335 g/mol. The molecule has 23 heavy (non-hydrogen) atoms. The molecule has 1 atom stereocenters. The first kappa shape index (κ1) is 15.7. The van der Waals surface area contributed by atoms with E-state index in [1.54, 1.807) is 18.2 Å². The smallest absolute Gasteiger partial charge is 0.267 e. The number of amides is 1. The van der Waals surface area contributed by atoms with Gasteiger partial charge >= 0.3 is 0 Å². The second-order valence-electron chi connectivity index (χ2n) is 5.15. The van der Waals surface area contributed by atoms with E-state index in [-0.39, 0.29) is 5.88 Å². The molecule has 0 saturated carbocycles. The molecule has 1 aromatic carbocycles. The number of nitrogens with two attached hydrogens (primary N) is 1. The lowest BCUT2D eigenvalue weighted by molar-refractivity contribution is -0.125. The van der Waals surface area contributed by atoms with Crippen LogP contribution in [-0.2, 0) is 17.6 Å². The van der Waals surface area contributed by atoms with Gasteiger partial charge in [-0.2, -0.15) is 5.06 Å². The van der Waals surface area contributed by atoms with E-state index < -0.39 is 11.9 Å². The molecule has 0 fully saturated rings. The van der Waals surface area contributed by atoms with E-state index in [2.05, 4.69) is 9.97 Å². The Labute approximate surface area is 137 Å². The van der Waals surface area contributed by atoms with Gasteiger partial charge in [-0.05, 0) is 36.6 Å². The van der Waals surface area contributed by atoms with E-state index in [0.29, 0.717) is 45.6 Å². The first-order valence-electron chi connectivity index (χ1n) is 7.09. The number of fused-ring (bicyclic) bond motifs is 1. The highest BCUT2D eigenvalue weighted by molar-refractivity contribution is 6.32. The Morgan fingerprint density at radius 2 is 2.26 bits per heavy atom. The Kier molecular flexibility index (Phi) is 4.16. The molecule has 1 aliphatic heterocycles. The lowest BCUT2D eigenvalue weighted by Gasteiger charge is -2.27. The fourth-order valence-corrected chi connectivity index (χ4v) is 2.68. The molecule has 1 aliphatic rings. The number of hydrogen-bond acceptors (Lipinski definition) is 6. The standard InChI is InChI=1S/C15H15ClN4O3/c1-2-11-13(16)14(19-7-18-11)23-9-3-4-12-8(5-9)6-10(17)15(21)20(12)22/h3-5,7,10,22H,2,6,17H2,1H3. The highest BCUT2D eigenvalue weighted by atomic mass is 35.5. The van der Waals surface area contributed by atoms with Crippen molar-refractivity contribution in [2.45, 2.75) is 25.8 Å². The van der Waals surface area contributed by atoms with Crippen LogP contribution in [0.5, 0.6) is 11.6 Å². The number of ether oxygens (including phenoxy) is 1. The molecule has 0 aliphatic carbocycles. The normalized spacial score (nSPS) is 17.1. The minimum Gasteiger partial charge on any atom is -0.437 e. The summed E-state index contributed by atoms with van der Waals surface area (Å²) in [7, 11) is 0. The molecule has 0 bridgehead atoms. The van der Waals surface area contributed by atoms with E-state index in [9.17, 15) is 10.0 Å². The molecule has 2 heterocycles. The maximum atomic E-state index is 11.7. The van der Waals surface area contributed by atoms with Gasteiger partial charge in [0.2, 0.25) is 5.88 Å². The van der Waals surface area contributed by atoms with Gasteiger partial charge in [0, 0.05) is 0 Å². The largest absolute Gasteiger partial charge is 0.437 e. The van der Waals surface area contributed by atoms with Crippen molar-refractivity contribution in [3.05, 3.63) is 40.8 Å². The molecule has 0 radical (unpaired) electrons. The van der Waals surface area contributed by atoms with Crippen LogP contribution < -0.4 is 15.5 Å². The van der Waals surface area contributed by atoms with E-state index in [0.717, 1.165) is 0 Å². The Balaban J connectivity index is 1.92. The monoisotopic (exact) mass is 334 g/mol. The van der Waals surface area contributed by atoms with Gasteiger partial charge in [-0.15, -0.1) is 0 Å². The molecular weight excluding hydrogens is 320 g/mol. The molecule has 3 N–H and O–H groups in total. The molecular formula is C15H15ClN4O3. The zero-order valence-corrected chi connectivity index (χ0v) is 13.1. The summed E-state index contributed by atoms with van der Waals surface area (Å²) in [6.45, 7) is 1.94. The van der Waals surface area contributed by atoms with Gasteiger partial charge in [0.1, 0.15) is 17.1 Å². The minimum atomic E-state index is -0.780. The summed E-state index contributed by atoms with van der Waals surface area (Å²) in [4.78, 5) is 19.8. The number of anilines is 1. The van der Waals surface area contributed by atoms with Crippen LogP contribution in [0.3, 0.4) is 0 Å². The third kappa shape index (κ3) is 2.86. The SMILES string of the molecule is CCc1ncnc(Oc2ccc3c(c2)CC(N)C(=O)N3O)c1Cl. The average Bonchev–Trinajstić information content (AvgIpc) is 2.54. The molecule has 120 valence electrons. The van der Waals surface area contributed by atoms with Crippen molar-refractivity contribution in [1.29, 1.82) is 0 Å². The molecule has 1 unspecified atom stereocenters. The van der Waals surface area contributed by atoms with Gasteiger partial charge in [-0.3, -0.25) is 10.0 Å². The van der Waals surface area contributed by atoms with Crippen LogP contribution in [0.2, 0.25) is 5.02 Å². The van der Waals surface area contributed by atoms with Gasteiger partial charge in [0.25, 0.3) is 5.91 Å². The number of carbonyl (C=O) groups is 1. The summed E-state index contributed by atoms with van der Waals surface area (Å²) in [6.07, 6.45) is 2.38. The van der Waals surface area contributed by atoms with Crippen LogP contribution in [0.15, 0.2) is 24.5 Å². The lowest BCUT2D eigenvalue weighted by Crippen LogP contribution is -2.47. The van der Waals surface area contributed by atoms with E-state index in [1.165, 1.54) is 6.33 Å². The van der Waals surface area contributed by atoms with Gasteiger partial charge in [-0.1, -0.05) is 18.5 Å². The fourth-order valence-electron chi connectivity index (χ4n) is 2.41. The maximum absolute atomic E-state index is 11.7. The maximum Gasteiger partial charge on any atom is 0.267 e. The summed E-state index contributed by atoms with van der Waals surface area (Å²) >= 11 is 6.20. The van der Waals surface area contributed by atoms with Gasteiger partial charge < -0.3 is 10.5 Å². The molecule has 7 nitrogen and oxygen atoms in total. The molecule has 0 saturated heterocycles. The van der Waals surface area contributed by atoms with Crippen LogP contribution in [0.1, 0.15) is 18.2 Å². The summed E-state index contributed by atoms with van der Waals surface area (Å²) in [6, 6.07) is 4.13. The summed E-state index contributed by atoms with van der Waals surface area (Å²) < 4.78 is 5.71. The van der Waals surface area contributed by atoms with Crippen molar-refractivity contribution < 1.29 is 14.7 Å². The number of halogens is 1. The number of hydroxylamine groups is 1. The predicted octanol–water partition coefficient (Wildman–Crippen LogP) is 2.09. The van der Waals surface area contributed by atoms with Crippen molar-refractivity contribution in [1.82, 2.24) is 9.97 Å². The number of aromatic nitrogens is 2. The molecule has 1 aromatic heterocycles. The molecule has 3 rings (SSSR count). The summed E-state index contributed by atoms with van der Waals surface area (Å²) in [5.41, 5.74) is 7.51. The zero-order valence-electron chi connectivity index (χ0n) is 12.4. The highest BCUT2D eigenvalue weighted by Crippen LogP contribution is 2.33. The third-order valence-electron chi connectivity index (χ3n) is 3.62. The quantitative estimate of drug-likeness (QED) is 0.833. The second-order valence-corrected chi connectivity index (χ2v) is 5.52. The van der Waals surface area contributed by atoms with E-state index in [1.807, 2.05) is 6.92 Å². The van der Waals surface area contributed by atoms with E-state index in [4.69, 9.17) is 22.1 Å². The van der Waals surface area contributed by atoms with Crippen molar-refractivity contribution in [2.24, 2.45) is 5.73 Å². The number of rotatable bonds is 3. The van der Waals surface area contributed by atoms with Crippen molar-refractivity contribution in [3.8, 4) is 11.6 Å². The lowest BCUT2D eigenvalue weighted by atomic mass is 9.99. The Hall–Kier alpha value is -2.22. The molecule has 8 heteroatoms. The number of nitrogens with zero attached hydrogens (tertiary/aromatic N) is 3. The van der Waals surface area contributed by atoms with Crippen LogP contribution >= 0.6 is 11.6 Å². The van der Waals surface area contributed by atoms with Crippen LogP contribution in [-0.4, -0.2) is 27.1 Å². The number of benzene rings is 1. The zero-order chi connectivity index (χ0) is 16.6. The van der Waals surface area contributed by atoms with Crippen molar-refractivity contribution in [2.75, 3.05) is 5.06 Å². The summed E-state index contributed by atoms with van der Waals surface area (Å²) in [5, 5.41) is 10.7. The Bertz CT molecular complexity index is 768. The van der Waals surface area contributed by atoms with Gasteiger partial charge in [0.15, 0.2) is 0 Å². The van der Waals surface area contributed by atoms with Gasteiger partial charge in [0.05, 0.1) is 17.4 Å². The topological polar surface area (TPSA) is 102 Å². The highest BCUT2D eigenvalue weighted by Gasteiger charge is 2.30. The molecule has 0 spiro atoms. The van der Waals surface area contributed by atoms with Crippen LogP contribution in [0, 0.1) is 0 Å². The first-order valence-corrected chi connectivity index (χ1v) is 7.47. The number of carbonyl (C=O) groups excluding carboxylic acids is 1. The third-order valence-corrected chi connectivity index (χ3v) is 4.00. The van der Waals surface area contributed by atoms with E-state index >= 15 is 0 Å². The number of hydrogen-bond donors (Lipinski definition) is 2. The van der Waals surface area contributed by atoms with Crippen molar-refractivity contribution in [3.63, 3.8) is 0 Å². The fraction of sp³-hybridized carbons (Fsp3) is 0.267. The van der Waals surface area contributed by atoms with Crippen molar-refractivity contribution >= 4 is 23.2 Å². The first-order chi connectivity index (χ1) is 11.0. The summed E-state index contributed by atoms with van der Waals surface area (Å²) in [5.74, 6) is 0.217. The Morgan fingerprint density at radius 1 is 1.48 bits per heavy atom. The second kappa shape index (κ2) is 6.11. The van der Waals surface area contributed by atoms with Crippen LogP contribution in [0.25, 0.3) is 0 Å². The van der Waals surface area contributed by atoms with Gasteiger partial charge in [-0.25, -0.2) is 9.97 Å². The molecule has 2 aromatic rings. The van der Waals surface area contributed by atoms with Crippen LogP contribution in [0.4, 0.5) is 5.69 Å². The predicted molar refractivity (Wildman–Crippen MR) is 83.9 cm³/mol. The number of aryl methyl sites for hydroxylation is 1. The Morgan fingerprint density at radius 3 is 3.00 bits per heavy atom.